The Kier molecular flexibility index (Phi) is 7.24. The van der Waals surface area contributed by atoms with Gasteiger partial charge in [0.2, 0.25) is 5.91 Å². The van der Waals surface area contributed by atoms with Crippen molar-refractivity contribution in [3.05, 3.63) is 46.5 Å². The van der Waals surface area contributed by atoms with Crippen molar-refractivity contribution >= 4 is 28.4 Å². The Balaban J connectivity index is 1.46. The Hall–Kier alpha value is -3.55. The summed E-state index contributed by atoms with van der Waals surface area (Å²) in [5, 5.41) is 9.79. The zero-order chi connectivity index (χ0) is 26.0. The van der Waals surface area contributed by atoms with Gasteiger partial charge >= 0.3 is 12.8 Å². The number of nitrogens with one attached hydrogen (secondary N) is 2. The summed E-state index contributed by atoms with van der Waals surface area (Å²) in [6.45, 7) is -3.22. The van der Waals surface area contributed by atoms with E-state index in [1.54, 1.807) is 0 Å². The first-order valence-electron chi connectivity index (χ1n) is 11.1. The molecule has 0 aliphatic heterocycles. The maximum absolute atomic E-state index is 13.0. The molecule has 1 saturated carbocycles. The van der Waals surface area contributed by atoms with E-state index in [2.05, 4.69) is 25.5 Å². The average molecular weight is 514 g/mol. The van der Waals surface area contributed by atoms with Crippen molar-refractivity contribution in [1.82, 2.24) is 24.6 Å². The number of ether oxygens (including phenoxy) is 1. The van der Waals surface area contributed by atoms with Gasteiger partial charge in [-0.15, -0.1) is 0 Å². The number of anilines is 2. The molecule has 2 N–H and O–H groups in total. The highest BCUT2D eigenvalue weighted by Crippen LogP contribution is 2.31. The summed E-state index contributed by atoms with van der Waals surface area (Å²) in [4.78, 5) is 29.7. The zero-order valence-corrected chi connectivity index (χ0v) is 19.1. The quantitative estimate of drug-likeness (QED) is 0.468. The molecule has 1 aromatic carbocycles. The molecule has 2 atom stereocenters. The number of aryl methyl sites for hydroxylation is 1. The highest BCUT2D eigenvalue weighted by Gasteiger charge is 2.30. The summed E-state index contributed by atoms with van der Waals surface area (Å²) in [5.74, 6) is -0.320. The van der Waals surface area contributed by atoms with Crippen LogP contribution in [0.15, 0.2) is 35.4 Å². The van der Waals surface area contributed by atoms with E-state index in [4.69, 9.17) is 0 Å². The van der Waals surface area contributed by atoms with Gasteiger partial charge in [-0.1, -0.05) is 0 Å². The van der Waals surface area contributed by atoms with Crippen molar-refractivity contribution in [3.63, 3.8) is 0 Å². The van der Waals surface area contributed by atoms with Gasteiger partial charge in [0.25, 0.3) is 5.56 Å². The van der Waals surface area contributed by atoms with E-state index in [0.717, 1.165) is 16.7 Å². The molecule has 14 heteroatoms. The second-order valence-electron chi connectivity index (χ2n) is 8.50. The molecule has 0 spiro atoms. The second-order valence-corrected chi connectivity index (χ2v) is 8.50. The van der Waals surface area contributed by atoms with Crippen LogP contribution in [0.4, 0.5) is 33.5 Å². The average Bonchev–Trinajstić information content (AvgIpc) is 3.10. The lowest BCUT2D eigenvalue weighted by Crippen LogP contribution is -2.43. The van der Waals surface area contributed by atoms with Gasteiger partial charge in [0, 0.05) is 18.8 Å². The SMILES string of the molecule is Cn1nc(Nc2ccc(C(F)(F)F)cc2)c2ncn(CC(=O)N[C@@H]3CCC[C@H](OC(F)F)C3)c(=O)c21. The van der Waals surface area contributed by atoms with E-state index in [9.17, 15) is 31.5 Å². The number of halogens is 5. The minimum absolute atomic E-state index is 0.0859. The highest BCUT2D eigenvalue weighted by molar-refractivity contribution is 5.87. The molecule has 1 aliphatic rings. The van der Waals surface area contributed by atoms with Gasteiger partial charge in [-0.05, 0) is 49.9 Å². The minimum atomic E-state index is -4.46. The third-order valence-corrected chi connectivity index (χ3v) is 5.89. The molecule has 0 saturated heterocycles. The van der Waals surface area contributed by atoms with Crippen LogP contribution in [0.25, 0.3) is 11.0 Å². The topological polar surface area (TPSA) is 103 Å². The molecule has 0 radical (unpaired) electrons. The smallest absolute Gasteiger partial charge is 0.352 e. The normalized spacial score (nSPS) is 18.5. The molecule has 2 heterocycles. The molecule has 9 nitrogen and oxygen atoms in total. The number of carbonyl (C=O) groups is 1. The zero-order valence-electron chi connectivity index (χ0n) is 19.1. The lowest BCUT2D eigenvalue weighted by atomic mass is 9.93. The van der Waals surface area contributed by atoms with Gasteiger partial charge in [0.1, 0.15) is 12.1 Å². The Morgan fingerprint density at radius 2 is 1.94 bits per heavy atom. The fraction of sp³-hybridized carbons (Fsp3) is 0.455. The van der Waals surface area contributed by atoms with E-state index in [-0.39, 0.29) is 35.9 Å². The summed E-state index contributed by atoms with van der Waals surface area (Å²) in [6.07, 6.45) is -1.96. The van der Waals surface area contributed by atoms with Gasteiger partial charge < -0.3 is 15.4 Å². The molecule has 0 bridgehead atoms. The Bertz CT molecular complexity index is 1290. The summed E-state index contributed by atoms with van der Waals surface area (Å²) < 4.78 is 70.2. The first-order chi connectivity index (χ1) is 17.0. The molecule has 3 aromatic rings. The van der Waals surface area contributed by atoms with Crippen LogP contribution < -0.4 is 16.2 Å². The highest BCUT2D eigenvalue weighted by atomic mass is 19.4. The fourth-order valence-corrected chi connectivity index (χ4v) is 4.24. The predicted octanol–water partition coefficient (Wildman–Crippen LogP) is 3.56. The summed E-state index contributed by atoms with van der Waals surface area (Å²) in [6, 6.07) is 3.95. The monoisotopic (exact) mass is 514 g/mol. The van der Waals surface area contributed by atoms with Crippen LogP contribution in [0.5, 0.6) is 0 Å². The largest absolute Gasteiger partial charge is 0.416 e. The number of rotatable bonds is 7. The number of nitrogens with zero attached hydrogens (tertiary/aromatic N) is 4. The van der Waals surface area contributed by atoms with E-state index in [1.807, 2.05) is 0 Å². The minimum Gasteiger partial charge on any atom is -0.352 e. The maximum atomic E-state index is 13.0. The summed E-state index contributed by atoms with van der Waals surface area (Å²) >= 11 is 0. The standard InChI is InChI=1S/C22H23F5N6O3/c1-32-18-17(19(31-32)30-13-7-5-12(6-8-13)22(25,26)27)28-11-33(20(18)35)10-16(34)29-14-3-2-4-15(9-14)36-21(23)24/h5-8,11,14-15,21H,2-4,9-10H2,1H3,(H,29,34)(H,30,31)/t14-,15+/m1/s1. The van der Waals surface area contributed by atoms with Gasteiger partial charge in [-0.25, -0.2) is 4.98 Å². The molecular formula is C22H23F5N6O3. The number of hydrogen-bond acceptors (Lipinski definition) is 6. The number of carbonyl (C=O) groups excluding carboxylic acids is 1. The van der Waals surface area contributed by atoms with Crippen LogP contribution in [0.1, 0.15) is 31.2 Å². The van der Waals surface area contributed by atoms with Crippen LogP contribution in [0, 0.1) is 0 Å². The van der Waals surface area contributed by atoms with Crippen LogP contribution in [-0.2, 0) is 29.3 Å². The predicted molar refractivity (Wildman–Crippen MR) is 119 cm³/mol. The third kappa shape index (κ3) is 5.80. The molecule has 1 fully saturated rings. The summed E-state index contributed by atoms with van der Waals surface area (Å²) in [7, 11) is 1.50. The van der Waals surface area contributed by atoms with Crippen molar-refractivity contribution in [1.29, 1.82) is 0 Å². The third-order valence-electron chi connectivity index (χ3n) is 5.89. The van der Waals surface area contributed by atoms with Gasteiger partial charge in [0.15, 0.2) is 11.3 Å². The van der Waals surface area contributed by atoms with E-state index in [0.29, 0.717) is 24.9 Å². The maximum Gasteiger partial charge on any atom is 0.416 e. The van der Waals surface area contributed by atoms with Gasteiger partial charge in [0.05, 0.1) is 18.0 Å². The van der Waals surface area contributed by atoms with E-state index < -0.39 is 35.9 Å². The molecule has 1 aliphatic carbocycles. The molecule has 0 unspecified atom stereocenters. The first kappa shape index (κ1) is 25.5. The lowest BCUT2D eigenvalue weighted by Gasteiger charge is -2.29. The number of aromatic nitrogens is 4. The Morgan fingerprint density at radius 3 is 2.61 bits per heavy atom. The van der Waals surface area contributed by atoms with Crippen LogP contribution >= 0.6 is 0 Å². The van der Waals surface area contributed by atoms with Crippen molar-refractivity contribution in [3.8, 4) is 0 Å². The molecule has 2 aromatic heterocycles. The van der Waals surface area contributed by atoms with Crippen molar-refractivity contribution in [2.24, 2.45) is 7.05 Å². The first-order valence-corrected chi connectivity index (χ1v) is 11.1. The fourth-order valence-electron chi connectivity index (χ4n) is 4.24. The number of fused-ring (bicyclic) bond motifs is 1. The lowest BCUT2D eigenvalue weighted by molar-refractivity contribution is -0.171. The van der Waals surface area contributed by atoms with Crippen LogP contribution in [0.3, 0.4) is 0 Å². The van der Waals surface area contributed by atoms with Crippen molar-refractivity contribution in [2.75, 3.05) is 5.32 Å². The Morgan fingerprint density at radius 1 is 1.22 bits per heavy atom. The molecule has 36 heavy (non-hydrogen) atoms. The van der Waals surface area contributed by atoms with Crippen LogP contribution in [-0.4, -0.2) is 44.0 Å². The molecule has 1 amide bonds. The van der Waals surface area contributed by atoms with Gasteiger partial charge in [-0.2, -0.15) is 27.1 Å². The van der Waals surface area contributed by atoms with Crippen LogP contribution in [0.2, 0.25) is 0 Å². The van der Waals surface area contributed by atoms with E-state index in [1.165, 1.54) is 30.2 Å². The van der Waals surface area contributed by atoms with Crippen molar-refractivity contribution in [2.45, 2.75) is 57.2 Å². The molecule has 4 rings (SSSR count). The van der Waals surface area contributed by atoms with E-state index >= 15 is 0 Å². The molecular weight excluding hydrogens is 491 g/mol. The second kappa shape index (κ2) is 10.2. The molecule has 194 valence electrons. The van der Waals surface area contributed by atoms with Crippen molar-refractivity contribution < 1.29 is 31.5 Å². The number of hydrogen-bond donors (Lipinski definition) is 2. The summed E-state index contributed by atoms with van der Waals surface area (Å²) in [5.41, 5.74) is -0.771. The number of alkyl halides is 5. The number of amides is 1. The Labute approximate surface area is 201 Å². The number of benzene rings is 1. The van der Waals surface area contributed by atoms with Gasteiger partial charge in [-0.3, -0.25) is 18.8 Å².